The van der Waals surface area contributed by atoms with Gasteiger partial charge in [0.05, 0.1) is 5.69 Å². The highest BCUT2D eigenvalue weighted by Crippen LogP contribution is 2.38. The first-order chi connectivity index (χ1) is 9.04. The van der Waals surface area contributed by atoms with Crippen LogP contribution in [0.1, 0.15) is 23.0 Å². The second kappa shape index (κ2) is 5.90. The van der Waals surface area contributed by atoms with Crippen LogP contribution in [-0.4, -0.2) is 23.7 Å². The topological polar surface area (TPSA) is 75.3 Å². The zero-order valence-corrected chi connectivity index (χ0v) is 12.8. The van der Waals surface area contributed by atoms with Crippen LogP contribution in [0.25, 0.3) is 10.1 Å². The maximum Gasteiger partial charge on any atom is 0.263 e. The highest BCUT2D eigenvalue weighted by molar-refractivity contribution is 9.10. The molecule has 0 aliphatic rings. The van der Waals surface area contributed by atoms with Crippen molar-refractivity contribution in [1.29, 1.82) is 0 Å². The normalized spacial score (nSPS) is 12.6. The minimum absolute atomic E-state index is 0.0505. The monoisotopic (exact) mass is 342 g/mol. The van der Waals surface area contributed by atoms with Gasteiger partial charge in [-0.15, -0.1) is 11.3 Å². The molecular weight excluding hydrogens is 328 g/mol. The van der Waals surface area contributed by atoms with Crippen LogP contribution in [0.5, 0.6) is 0 Å². The Labute approximate surface area is 123 Å². The average Bonchev–Trinajstić information content (AvgIpc) is 2.68. The Balaban J connectivity index is 2.33. The number of rotatable bonds is 4. The number of benzene rings is 1. The minimum atomic E-state index is -0.188. The van der Waals surface area contributed by atoms with Gasteiger partial charge in [-0.05, 0) is 25.5 Å². The van der Waals surface area contributed by atoms with E-state index in [1.165, 1.54) is 11.3 Å². The summed E-state index contributed by atoms with van der Waals surface area (Å²) in [4.78, 5) is 12.7. The number of carbonyl (C=O) groups excluding carboxylic acids is 1. The van der Waals surface area contributed by atoms with Gasteiger partial charge < -0.3 is 16.2 Å². The van der Waals surface area contributed by atoms with Crippen molar-refractivity contribution in [2.75, 3.05) is 12.3 Å². The van der Waals surface area contributed by atoms with E-state index in [9.17, 15) is 4.79 Å². The molecule has 0 bridgehead atoms. The standard InChI is InChI=1S/C13H15BrN2O2S/c1-7(5-6-17)16-13(18)12-11(15)10-8(14)3-2-4-9(10)19-12/h2-4,7,17H,5-6,15H2,1H3,(H,16,18). The van der Waals surface area contributed by atoms with E-state index in [4.69, 9.17) is 10.8 Å². The second-order valence-electron chi connectivity index (χ2n) is 4.34. The van der Waals surface area contributed by atoms with Gasteiger partial charge in [0.15, 0.2) is 0 Å². The Bertz CT molecular complexity index is 612. The number of halogens is 1. The highest BCUT2D eigenvalue weighted by atomic mass is 79.9. The molecule has 1 aromatic heterocycles. The van der Waals surface area contributed by atoms with Crippen LogP contribution >= 0.6 is 27.3 Å². The van der Waals surface area contributed by atoms with Crippen molar-refractivity contribution < 1.29 is 9.90 Å². The largest absolute Gasteiger partial charge is 0.397 e. The number of fused-ring (bicyclic) bond motifs is 1. The Morgan fingerprint density at radius 2 is 2.32 bits per heavy atom. The number of anilines is 1. The average molecular weight is 343 g/mol. The molecule has 1 atom stereocenters. The van der Waals surface area contributed by atoms with Crippen molar-refractivity contribution in [3.05, 3.63) is 27.5 Å². The molecule has 1 amide bonds. The van der Waals surface area contributed by atoms with E-state index in [0.29, 0.717) is 17.0 Å². The lowest BCUT2D eigenvalue weighted by Gasteiger charge is -2.11. The predicted molar refractivity (Wildman–Crippen MR) is 82.6 cm³/mol. The molecule has 2 aromatic rings. The maximum atomic E-state index is 12.2. The van der Waals surface area contributed by atoms with Crippen molar-refractivity contribution in [3.8, 4) is 0 Å². The number of hydrogen-bond acceptors (Lipinski definition) is 4. The Hall–Kier alpha value is -1.11. The van der Waals surface area contributed by atoms with Crippen LogP contribution in [0, 0.1) is 0 Å². The number of aliphatic hydroxyl groups is 1. The lowest BCUT2D eigenvalue weighted by molar-refractivity contribution is 0.0939. The van der Waals surface area contributed by atoms with Crippen LogP contribution in [0.15, 0.2) is 22.7 Å². The van der Waals surface area contributed by atoms with Gasteiger partial charge in [0, 0.05) is 27.2 Å². The van der Waals surface area contributed by atoms with Crippen molar-refractivity contribution in [1.82, 2.24) is 5.32 Å². The van der Waals surface area contributed by atoms with E-state index in [-0.39, 0.29) is 18.6 Å². The van der Waals surface area contributed by atoms with E-state index < -0.39 is 0 Å². The van der Waals surface area contributed by atoms with Crippen molar-refractivity contribution in [2.45, 2.75) is 19.4 Å². The molecule has 0 aliphatic heterocycles. The summed E-state index contributed by atoms with van der Waals surface area (Å²) < 4.78 is 1.87. The highest BCUT2D eigenvalue weighted by Gasteiger charge is 2.18. The number of nitrogen functional groups attached to an aromatic ring is 1. The van der Waals surface area contributed by atoms with E-state index in [0.717, 1.165) is 14.6 Å². The molecule has 0 radical (unpaired) electrons. The third-order valence-corrected chi connectivity index (χ3v) is 4.68. The third kappa shape index (κ3) is 2.91. The molecule has 4 nitrogen and oxygen atoms in total. The van der Waals surface area contributed by atoms with Gasteiger partial charge in [-0.25, -0.2) is 0 Å². The number of carbonyl (C=O) groups is 1. The first-order valence-electron chi connectivity index (χ1n) is 5.92. The van der Waals surface area contributed by atoms with E-state index in [1.54, 1.807) is 0 Å². The number of hydrogen-bond donors (Lipinski definition) is 3. The number of nitrogens with one attached hydrogen (secondary N) is 1. The quantitative estimate of drug-likeness (QED) is 0.799. The zero-order valence-electron chi connectivity index (χ0n) is 10.4. The molecule has 0 spiro atoms. The van der Waals surface area contributed by atoms with Gasteiger partial charge in [0.1, 0.15) is 4.88 Å². The lowest BCUT2D eigenvalue weighted by Crippen LogP contribution is -2.33. The summed E-state index contributed by atoms with van der Waals surface area (Å²) in [6, 6.07) is 5.68. The Morgan fingerprint density at radius 1 is 1.58 bits per heavy atom. The van der Waals surface area contributed by atoms with Gasteiger partial charge in [-0.1, -0.05) is 22.0 Å². The molecule has 0 saturated carbocycles. The number of amides is 1. The van der Waals surface area contributed by atoms with Crippen LogP contribution in [0.3, 0.4) is 0 Å². The third-order valence-electron chi connectivity index (χ3n) is 2.85. The molecule has 6 heteroatoms. The van der Waals surface area contributed by atoms with Gasteiger partial charge in [-0.3, -0.25) is 4.79 Å². The number of nitrogens with two attached hydrogens (primary N) is 1. The molecule has 0 saturated heterocycles. The van der Waals surface area contributed by atoms with E-state index in [1.807, 2.05) is 25.1 Å². The van der Waals surface area contributed by atoms with Crippen LogP contribution < -0.4 is 11.1 Å². The van der Waals surface area contributed by atoms with Gasteiger partial charge in [0.25, 0.3) is 5.91 Å². The van der Waals surface area contributed by atoms with E-state index >= 15 is 0 Å². The summed E-state index contributed by atoms with van der Waals surface area (Å²) >= 11 is 4.82. The molecule has 0 fully saturated rings. The zero-order chi connectivity index (χ0) is 14.0. The number of aliphatic hydroxyl groups excluding tert-OH is 1. The fraction of sp³-hybridized carbons (Fsp3) is 0.308. The van der Waals surface area contributed by atoms with Crippen molar-refractivity contribution in [3.63, 3.8) is 0 Å². The fourth-order valence-electron chi connectivity index (χ4n) is 1.85. The number of thiophene rings is 1. The van der Waals surface area contributed by atoms with Gasteiger partial charge in [0.2, 0.25) is 0 Å². The molecule has 1 unspecified atom stereocenters. The molecule has 2 rings (SSSR count). The molecule has 0 aliphatic carbocycles. The molecule has 1 aromatic carbocycles. The first kappa shape index (κ1) is 14.3. The van der Waals surface area contributed by atoms with Gasteiger partial charge in [-0.2, -0.15) is 0 Å². The molecule has 1 heterocycles. The summed E-state index contributed by atoms with van der Waals surface area (Å²) in [5.41, 5.74) is 6.56. The second-order valence-corrected chi connectivity index (χ2v) is 6.25. The van der Waals surface area contributed by atoms with Crippen LogP contribution in [0.4, 0.5) is 5.69 Å². The predicted octanol–water partition coefficient (Wildman–Crippen LogP) is 2.75. The molecule has 19 heavy (non-hydrogen) atoms. The van der Waals surface area contributed by atoms with Gasteiger partial charge >= 0.3 is 0 Å². The summed E-state index contributed by atoms with van der Waals surface area (Å²) in [7, 11) is 0. The summed E-state index contributed by atoms with van der Waals surface area (Å²) in [5, 5.41) is 12.6. The Morgan fingerprint density at radius 3 is 2.95 bits per heavy atom. The van der Waals surface area contributed by atoms with Crippen molar-refractivity contribution >= 4 is 48.9 Å². The minimum Gasteiger partial charge on any atom is -0.397 e. The van der Waals surface area contributed by atoms with E-state index in [2.05, 4.69) is 21.2 Å². The molecule has 102 valence electrons. The van der Waals surface area contributed by atoms with Crippen LogP contribution in [-0.2, 0) is 0 Å². The first-order valence-corrected chi connectivity index (χ1v) is 7.53. The lowest BCUT2D eigenvalue weighted by atomic mass is 10.2. The maximum absolute atomic E-state index is 12.2. The van der Waals surface area contributed by atoms with Crippen LogP contribution in [0.2, 0.25) is 0 Å². The summed E-state index contributed by atoms with van der Waals surface area (Å²) in [6.45, 7) is 1.91. The Kier molecular flexibility index (Phi) is 4.44. The van der Waals surface area contributed by atoms with Crippen molar-refractivity contribution in [2.24, 2.45) is 0 Å². The molecular formula is C13H15BrN2O2S. The summed E-state index contributed by atoms with van der Waals surface area (Å²) in [5.74, 6) is -0.188. The SMILES string of the molecule is CC(CCO)NC(=O)c1sc2cccc(Br)c2c1N. The summed E-state index contributed by atoms with van der Waals surface area (Å²) in [6.07, 6.45) is 0.528. The smallest absolute Gasteiger partial charge is 0.263 e. The fourth-order valence-corrected chi connectivity index (χ4v) is 3.62. The molecule has 4 N–H and O–H groups in total.